The molecule has 52 valence electrons. The van der Waals surface area contributed by atoms with Gasteiger partial charge in [-0.05, 0) is 19.9 Å². The van der Waals surface area contributed by atoms with Crippen LogP contribution in [-0.4, -0.2) is 37.1 Å². The van der Waals surface area contributed by atoms with E-state index in [4.69, 9.17) is 1.41 Å². The van der Waals surface area contributed by atoms with Crippen LogP contribution in [-0.2, 0) is 0 Å². The van der Waals surface area contributed by atoms with E-state index in [2.05, 4.69) is 11.9 Å². The Morgan fingerprint density at radius 1 is 1.44 bits per heavy atom. The number of piperazine rings is 1. The first-order valence-corrected chi connectivity index (χ1v) is 3.73. The zero-order valence-electron chi connectivity index (χ0n) is 6.88. The van der Waals surface area contributed by atoms with E-state index in [1.165, 1.54) is 12.8 Å². The number of nitrogens with one attached hydrogen (secondary N) is 1. The topological polar surface area (TPSA) is 15.3 Å². The van der Waals surface area contributed by atoms with Gasteiger partial charge in [-0.3, -0.25) is 4.90 Å². The van der Waals surface area contributed by atoms with Crippen molar-refractivity contribution >= 4 is 0 Å². The third kappa shape index (κ3) is 0.775. The molecule has 0 aliphatic carbocycles. The Morgan fingerprint density at radius 3 is 2.56 bits per heavy atom. The zero-order chi connectivity index (χ0) is 7.14. The molecule has 2 atom stereocenters. The van der Waals surface area contributed by atoms with Gasteiger partial charge < -0.3 is 5.31 Å². The SMILES string of the molecule is [2H]N1C[C@H]2CC[C@@H](C1)N2C. The fourth-order valence-corrected chi connectivity index (χ4v) is 1.90. The van der Waals surface area contributed by atoms with Crippen LogP contribution in [0.25, 0.3) is 0 Å². The van der Waals surface area contributed by atoms with E-state index < -0.39 is 0 Å². The average molecular weight is 127 g/mol. The zero-order valence-corrected chi connectivity index (χ0v) is 5.88. The predicted molar refractivity (Wildman–Crippen MR) is 37.4 cm³/mol. The Balaban J connectivity index is 2.09. The molecule has 0 radical (unpaired) electrons. The number of likely N-dealkylation sites (N-methyl/N-ethyl adjacent to an activating group) is 1. The monoisotopic (exact) mass is 127 g/mol. The molecule has 2 aliphatic heterocycles. The van der Waals surface area contributed by atoms with E-state index in [9.17, 15) is 0 Å². The minimum atomic E-state index is 0.677. The maximum absolute atomic E-state index is 7.47. The second-order valence-corrected chi connectivity index (χ2v) is 3.14. The molecule has 2 bridgehead atoms. The Hall–Kier alpha value is -0.0800. The lowest BCUT2D eigenvalue weighted by Crippen LogP contribution is -2.49. The van der Waals surface area contributed by atoms with Crippen LogP contribution in [0.5, 0.6) is 0 Å². The van der Waals surface area contributed by atoms with Crippen LogP contribution in [0.1, 0.15) is 12.8 Å². The molecule has 0 spiro atoms. The summed E-state index contributed by atoms with van der Waals surface area (Å²) < 4.78 is 7.47. The van der Waals surface area contributed by atoms with E-state index in [0.717, 1.165) is 13.1 Å². The predicted octanol–water partition coefficient (Wildman–Crippen LogP) is 0.0524. The van der Waals surface area contributed by atoms with Crippen molar-refractivity contribution in [2.24, 2.45) is 0 Å². The van der Waals surface area contributed by atoms with Gasteiger partial charge in [0.15, 0.2) is 0 Å². The van der Waals surface area contributed by atoms with Gasteiger partial charge in [-0.15, -0.1) is 0 Å². The van der Waals surface area contributed by atoms with Gasteiger partial charge in [0.2, 0.25) is 0 Å². The van der Waals surface area contributed by atoms with Gasteiger partial charge in [-0.2, -0.15) is 0 Å². The maximum atomic E-state index is 7.47. The summed E-state index contributed by atoms with van der Waals surface area (Å²) in [6.45, 7) is 1.90. The van der Waals surface area contributed by atoms with Crippen LogP contribution in [0.3, 0.4) is 0 Å². The molecule has 2 nitrogen and oxygen atoms in total. The van der Waals surface area contributed by atoms with Crippen LogP contribution in [0.15, 0.2) is 0 Å². The number of nitrogens with zero attached hydrogens (tertiary/aromatic N) is 1. The molecule has 2 rings (SSSR count). The highest BCUT2D eigenvalue weighted by atomic mass is 15.2. The molecule has 0 amide bonds. The molecule has 2 heteroatoms. The summed E-state index contributed by atoms with van der Waals surface area (Å²) in [5, 5.41) is 1.71. The first kappa shape index (κ1) is 4.69. The van der Waals surface area contributed by atoms with Crippen molar-refractivity contribution in [1.82, 2.24) is 10.2 Å². The number of hydrogen-bond donors (Lipinski definition) is 1. The quantitative estimate of drug-likeness (QED) is 0.495. The summed E-state index contributed by atoms with van der Waals surface area (Å²) in [6.07, 6.45) is 2.60. The molecule has 0 saturated carbocycles. The lowest BCUT2D eigenvalue weighted by atomic mass is 10.2. The molecule has 0 unspecified atom stereocenters. The molecule has 2 aliphatic rings. The molecule has 0 aromatic heterocycles. The van der Waals surface area contributed by atoms with Gasteiger partial charge in [0.1, 0.15) is 1.41 Å². The van der Waals surface area contributed by atoms with Gasteiger partial charge in [0, 0.05) is 25.2 Å². The van der Waals surface area contributed by atoms with E-state index in [1.807, 2.05) is 0 Å². The molecule has 2 saturated heterocycles. The summed E-state index contributed by atoms with van der Waals surface area (Å²) in [5.74, 6) is 0. The van der Waals surface area contributed by atoms with E-state index >= 15 is 0 Å². The van der Waals surface area contributed by atoms with Crippen molar-refractivity contribution in [3.8, 4) is 0 Å². The fraction of sp³-hybridized carbons (Fsp3) is 1.00. The Bertz CT molecular complexity index is 126. The van der Waals surface area contributed by atoms with Gasteiger partial charge in [-0.1, -0.05) is 0 Å². The van der Waals surface area contributed by atoms with Crippen molar-refractivity contribution in [1.29, 1.82) is 0 Å². The first-order valence-electron chi connectivity index (χ1n) is 4.18. The number of rotatable bonds is 0. The minimum absolute atomic E-state index is 0.677. The smallest absolute Gasteiger partial charge is 0.122 e. The third-order valence-electron chi connectivity index (χ3n) is 2.66. The van der Waals surface area contributed by atoms with Crippen molar-refractivity contribution < 1.29 is 1.41 Å². The normalized spacial score (nSPS) is 47.4. The first-order chi connectivity index (χ1) is 4.77. The van der Waals surface area contributed by atoms with Gasteiger partial charge >= 0.3 is 0 Å². The molecular formula is C7H14N2. The van der Waals surface area contributed by atoms with E-state index in [0.29, 0.717) is 12.1 Å². The lowest BCUT2D eigenvalue weighted by molar-refractivity contribution is 0.193. The summed E-state index contributed by atoms with van der Waals surface area (Å²) in [4.78, 5) is 2.44. The van der Waals surface area contributed by atoms with Crippen molar-refractivity contribution in [3.05, 3.63) is 0 Å². The van der Waals surface area contributed by atoms with Crippen LogP contribution < -0.4 is 5.31 Å². The van der Waals surface area contributed by atoms with Gasteiger partial charge in [0.05, 0.1) is 0 Å². The van der Waals surface area contributed by atoms with Crippen LogP contribution in [0, 0.1) is 0 Å². The molecule has 2 heterocycles. The number of fused-ring (bicyclic) bond motifs is 2. The highest BCUT2D eigenvalue weighted by Gasteiger charge is 2.32. The van der Waals surface area contributed by atoms with Crippen molar-refractivity contribution in [2.75, 3.05) is 20.1 Å². The van der Waals surface area contributed by atoms with Crippen LogP contribution in [0.2, 0.25) is 1.41 Å². The maximum Gasteiger partial charge on any atom is 0.122 e. The Labute approximate surface area is 57.7 Å². The Kier molecular flexibility index (Phi) is 1.02. The summed E-state index contributed by atoms with van der Waals surface area (Å²) >= 11 is 0. The second-order valence-electron chi connectivity index (χ2n) is 3.14. The largest absolute Gasteiger partial charge is 0.314 e. The second kappa shape index (κ2) is 1.96. The van der Waals surface area contributed by atoms with Gasteiger partial charge in [0.25, 0.3) is 0 Å². The standard InChI is InChI=1S/C7H14N2/c1-9-6-2-3-7(9)5-8-4-6/h6-8H,2-5H2,1H3/t6-,7+/i/hD. The highest BCUT2D eigenvalue weighted by Crippen LogP contribution is 2.23. The fourth-order valence-electron chi connectivity index (χ4n) is 1.90. The molecule has 0 aromatic carbocycles. The summed E-state index contributed by atoms with van der Waals surface area (Å²) in [5.41, 5.74) is 0. The Morgan fingerprint density at radius 2 is 2.00 bits per heavy atom. The van der Waals surface area contributed by atoms with Crippen LogP contribution in [0.4, 0.5) is 0 Å². The summed E-state index contributed by atoms with van der Waals surface area (Å²) in [7, 11) is 2.19. The molecule has 0 aromatic rings. The molecule has 2 fully saturated rings. The summed E-state index contributed by atoms with van der Waals surface area (Å²) in [6, 6.07) is 1.35. The van der Waals surface area contributed by atoms with Crippen molar-refractivity contribution in [2.45, 2.75) is 24.9 Å². The average Bonchev–Trinajstić information content (AvgIpc) is 2.20. The third-order valence-corrected chi connectivity index (χ3v) is 2.66. The lowest BCUT2D eigenvalue weighted by Gasteiger charge is -2.31. The van der Waals surface area contributed by atoms with E-state index in [1.54, 1.807) is 5.31 Å². The number of hydrogen-bond acceptors (Lipinski definition) is 2. The highest BCUT2D eigenvalue weighted by molar-refractivity contribution is 4.92. The van der Waals surface area contributed by atoms with E-state index in [-0.39, 0.29) is 0 Å². The minimum Gasteiger partial charge on any atom is -0.314 e. The molecule has 9 heavy (non-hydrogen) atoms. The van der Waals surface area contributed by atoms with Crippen LogP contribution >= 0.6 is 0 Å². The molecule has 1 N–H and O–H groups in total. The van der Waals surface area contributed by atoms with Crippen molar-refractivity contribution in [3.63, 3.8) is 0 Å². The molecular weight excluding hydrogens is 112 g/mol. The van der Waals surface area contributed by atoms with Gasteiger partial charge in [-0.25, -0.2) is 0 Å².